The molecule has 1 fully saturated rings. The van der Waals surface area contributed by atoms with Crippen LogP contribution >= 0.6 is 15.9 Å². The Balaban J connectivity index is 2.19. The van der Waals surface area contributed by atoms with E-state index in [0.717, 1.165) is 0 Å². The first kappa shape index (κ1) is 12.9. The highest BCUT2D eigenvalue weighted by Crippen LogP contribution is 2.19. The average molecular weight is 325 g/mol. The molecule has 1 saturated heterocycles. The van der Waals surface area contributed by atoms with Crippen molar-refractivity contribution in [1.82, 2.24) is 19.7 Å². The van der Waals surface area contributed by atoms with Crippen LogP contribution < -0.4 is 4.72 Å². The first-order valence-corrected chi connectivity index (χ1v) is 7.43. The summed E-state index contributed by atoms with van der Waals surface area (Å²) in [5, 5.41) is 7.36. The highest BCUT2D eigenvalue weighted by molar-refractivity contribution is 9.10. The summed E-state index contributed by atoms with van der Waals surface area (Å²) in [6, 6.07) is -0.0875. The zero-order valence-corrected chi connectivity index (χ0v) is 11.7. The summed E-state index contributed by atoms with van der Waals surface area (Å²) >= 11 is 3.08. The quantitative estimate of drug-likeness (QED) is 0.848. The summed E-state index contributed by atoms with van der Waals surface area (Å²) in [6.07, 6.45) is 1.37. The molecule has 0 spiro atoms. The third kappa shape index (κ3) is 2.84. The van der Waals surface area contributed by atoms with Crippen LogP contribution in [0.2, 0.25) is 0 Å². The topological polar surface area (TPSA) is 86.1 Å². The second-order valence-electron chi connectivity index (χ2n) is 3.82. The molecule has 0 atom stereocenters. The molecule has 1 aliphatic rings. The van der Waals surface area contributed by atoms with Crippen molar-refractivity contribution in [3.63, 3.8) is 0 Å². The van der Waals surface area contributed by atoms with Crippen LogP contribution in [0.15, 0.2) is 9.63 Å². The maximum atomic E-state index is 12.1. The standard InChI is InChI=1S/C8H13BrN4O3S/c1-13-8(7(9)10-12-13)17(14,15)11-6-2-4-16-5-3-6/h6,11H,2-5H2,1H3. The van der Waals surface area contributed by atoms with Gasteiger partial charge in [-0.1, -0.05) is 5.21 Å². The van der Waals surface area contributed by atoms with Crippen molar-refractivity contribution in [2.45, 2.75) is 23.9 Å². The van der Waals surface area contributed by atoms with Gasteiger partial charge in [-0.15, -0.1) is 5.10 Å². The van der Waals surface area contributed by atoms with Crippen LogP contribution in [-0.2, 0) is 21.8 Å². The largest absolute Gasteiger partial charge is 0.381 e. The zero-order chi connectivity index (χ0) is 12.5. The van der Waals surface area contributed by atoms with Crippen LogP contribution in [0.5, 0.6) is 0 Å². The number of nitrogens with one attached hydrogen (secondary N) is 1. The van der Waals surface area contributed by atoms with Crippen molar-refractivity contribution >= 4 is 26.0 Å². The molecule has 0 aliphatic carbocycles. The molecule has 2 rings (SSSR count). The summed E-state index contributed by atoms with van der Waals surface area (Å²) in [6.45, 7) is 1.16. The number of aromatic nitrogens is 3. The zero-order valence-electron chi connectivity index (χ0n) is 9.26. The fraction of sp³-hybridized carbons (Fsp3) is 0.750. The van der Waals surface area contributed by atoms with E-state index < -0.39 is 10.0 Å². The second-order valence-corrected chi connectivity index (χ2v) is 6.20. The predicted molar refractivity (Wildman–Crippen MR) is 62.9 cm³/mol. The molecule has 0 amide bonds. The molecule has 0 bridgehead atoms. The number of rotatable bonds is 3. The monoisotopic (exact) mass is 324 g/mol. The smallest absolute Gasteiger partial charge is 0.260 e. The third-order valence-electron chi connectivity index (χ3n) is 2.53. The van der Waals surface area contributed by atoms with E-state index in [4.69, 9.17) is 4.74 Å². The molecule has 9 heteroatoms. The molecular weight excluding hydrogens is 312 g/mol. The van der Waals surface area contributed by atoms with Gasteiger partial charge >= 0.3 is 0 Å². The van der Waals surface area contributed by atoms with Crippen molar-refractivity contribution in [1.29, 1.82) is 0 Å². The van der Waals surface area contributed by atoms with Crippen molar-refractivity contribution < 1.29 is 13.2 Å². The van der Waals surface area contributed by atoms with Crippen LogP contribution in [0.4, 0.5) is 0 Å². The lowest BCUT2D eigenvalue weighted by molar-refractivity contribution is 0.0832. The first-order chi connectivity index (χ1) is 8.00. The van der Waals surface area contributed by atoms with E-state index in [-0.39, 0.29) is 15.7 Å². The molecule has 1 N–H and O–H groups in total. The van der Waals surface area contributed by atoms with E-state index in [1.54, 1.807) is 0 Å². The molecule has 1 aliphatic heterocycles. The predicted octanol–water partition coefficient (Wildman–Crippen LogP) is 0.0349. The minimum atomic E-state index is -3.59. The highest BCUT2D eigenvalue weighted by Gasteiger charge is 2.27. The number of nitrogens with zero attached hydrogens (tertiary/aromatic N) is 3. The Kier molecular flexibility index (Phi) is 3.81. The minimum Gasteiger partial charge on any atom is -0.381 e. The molecule has 17 heavy (non-hydrogen) atoms. The number of aryl methyl sites for hydroxylation is 1. The maximum absolute atomic E-state index is 12.1. The van der Waals surface area contributed by atoms with E-state index in [1.165, 1.54) is 11.7 Å². The van der Waals surface area contributed by atoms with Gasteiger partial charge in [0, 0.05) is 26.3 Å². The van der Waals surface area contributed by atoms with Gasteiger partial charge in [-0.25, -0.2) is 17.8 Å². The molecular formula is C8H13BrN4O3S. The molecule has 1 aromatic heterocycles. The van der Waals surface area contributed by atoms with Gasteiger partial charge in [-0.2, -0.15) is 0 Å². The van der Waals surface area contributed by atoms with E-state index in [0.29, 0.717) is 26.1 Å². The van der Waals surface area contributed by atoms with E-state index >= 15 is 0 Å². The Morgan fingerprint density at radius 2 is 2.12 bits per heavy atom. The summed E-state index contributed by atoms with van der Waals surface area (Å²) in [4.78, 5) is 0. The number of hydrogen-bond donors (Lipinski definition) is 1. The first-order valence-electron chi connectivity index (χ1n) is 5.16. The summed E-state index contributed by atoms with van der Waals surface area (Å²) in [5.41, 5.74) is 0. The Hall–Kier alpha value is -0.510. The lowest BCUT2D eigenvalue weighted by atomic mass is 10.1. The van der Waals surface area contributed by atoms with Gasteiger partial charge in [0.25, 0.3) is 10.0 Å². The number of hydrogen-bond acceptors (Lipinski definition) is 5. The summed E-state index contributed by atoms with van der Waals surface area (Å²) in [7, 11) is -2.05. The Labute approximate surface area is 108 Å². The Morgan fingerprint density at radius 1 is 1.47 bits per heavy atom. The van der Waals surface area contributed by atoms with Crippen LogP contribution in [0.25, 0.3) is 0 Å². The number of sulfonamides is 1. The van der Waals surface area contributed by atoms with Crippen LogP contribution in [0, 0.1) is 0 Å². The Bertz CT molecular complexity index is 475. The van der Waals surface area contributed by atoms with Crippen molar-refractivity contribution in [2.75, 3.05) is 13.2 Å². The molecule has 2 heterocycles. The average Bonchev–Trinajstić information content (AvgIpc) is 2.59. The third-order valence-corrected chi connectivity index (χ3v) is 4.94. The number of ether oxygens (including phenoxy) is 1. The Morgan fingerprint density at radius 3 is 2.65 bits per heavy atom. The van der Waals surface area contributed by atoms with Crippen molar-refractivity contribution in [2.24, 2.45) is 7.05 Å². The second kappa shape index (κ2) is 5.01. The molecule has 0 radical (unpaired) electrons. The molecule has 0 aromatic carbocycles. The fourth-order valence-corrected chi connectivity index (χ4v) is 4.10. The SMILES string of the molecule is Cn1nnc(Br)c1S(=O)(=O)NC1CCOCC1. The minimum absolute atomic E-state index is 0.0454. The lowest BCUT2D eigenvalue weighted by Gasteiger charge is -2.22. The molecule has 0 unspecified atom stereocenters. The number of halogens is 1. The van der Waals surface area contributed by atoms with Crippen LogP contribution in [-0.4, -0.2) is 42.7 Å². The van der Waals surface area contributed by atoms with Crippen LogP contribution in [0.3, 0.4) is 0 Å². The van der Waals surface area contributed by atoms with Gasteiger partial charge in [-0.05, 0) is 28.8 Å². The molecule has 7 nitrogen and oxygen atoms in total. The molecule has 0 saturated carbocycles. The highest BCUT2D eigenvalue weighted by atomic mass is 79.9. The lowest BCUT2D eigenvalue weighted by Crippen LogP contribution is -2.39. The van der Waals surface area contributed by atoms with Crippen molar-refractivity contribution in [3.8, 4) is 0 Å². The summed E-state index contributed by atoms with van der Waals surface area (Å²) < 4.78 is 33.5. The molecule has 1 aromatic rings. The van der Waals surface area contributed by atoms with Gasteiger partial charge < -0.3 is 4.74 Å². The van der Waals surface area contributed by atoms with Crippen LogP contribution in [0.1, 0.15) is 12.8 Å². The van der Waals surface area contributed by atoms with Gasteiger partial charge in [0.1, 0.15) is 0 Å². The summed E-state index contributed by atoms with van der Waals surface area (Å²) in [5.74, 6) is 0. The van der Waals surface area contributed by atoms with E-state index in [1.807, 2.05) is 0 Å². The van der Waals surface area contributed by atoms with E-state index in [9.17, 15) is 8.42 Å². The maximum Gasteiger partial charge on any atom is 0.260 e. The van der Waals surface area contributed by atoms with Crippen molar-refractivity contribution in [3.05, 3.63) is 4.60 Å². The van der Waals surface area contributed by atoms with Gasteiger partial charge in [-0.3, -0.25) is 0 Å². The van der Waals surface area contributed by atoms with Gasteiger partial charge in [0.2, 0.25) is 5.03 Å². The fourth-order valence-electron chi connectivity index (χ4n) is 1.70. The molecule has 96 valence electrons. The van der Waals surface area contributed by atoms with Gasteiger partial charge in [0.05, 0.1) is 0 Å². The normalized spacial score (nSPS) is 18.5. The van der Waals surface area contributed by atoms with E-state index in [2.05, 4.69) is 31.0 Å². The van der Waals surface area contributed by atoms with Gasteiger partial charge in [0.15, 0.2) is 4.60 Å².